The van der Waals surface area contributed by atoms with E-state index in [2.05, 4.69) is 37.1 Å². The van der Waals surface area contributed by atoms with Crippen LogP contribution in [0.2, 0.25) is 0 Å². The van der Waals surface area contributed by atoms with E-state index >= 15 is 0 Å². The van der Waals surface area contributed by atoms with Gasteiger partial charge in [-0.05, 0) is 42.5 Å². The number of nitrogens with one attached hydrogen (secondary N) is 1. The summed E-state index contributed by atoms with van der Waals surface area (Å²) in [5.74, 6) is 0.373. The monoisotopic (exact) mass is 411 g/mol. The normalized spacial score (nSPS) is 16.5. The van der Waals surface area contributed by atoms with Gasteiger partial charge in [0, 0.05) is 39.3 Å². The van der Waals surface area contributed by atoms with E-state index in [0.29, 0.717) is 32.0 Å². The highest BCUT2D eigenvalue weighted by Gasteiger charge is 2.18. The molecule has 0 spiro atoms. The van der Waals surface area contributed by atoms with Crippen molar-refractivity contribution in [3.8, 4) is 0 Å². The Balaban J connectivity index is 2.01. The predicted octanol–water partition coefficient (Wildman–Crippen LogP) is 2.47. The van der Waals surface area contributed by atoms with Gasteiger partial charge in [-0.2, -0.15) is 0 Å². The van der Waals surface area contributed by atoms with Gasteiger partial charge < -0.3 is 15.2 Å². The molecule has 1 unspecified atom stereocenters. The Morgan fingerprint density at radius 3 is 2.68 bits per heavy atom. The zero-order valence-electron chi connectivity index (χ0n) is 17.1. The molecule has 1 aromatic rings. The maximum atomic E-state index is 13.1. The molecule has 8 heteroatoms. The van der Waals surface area contributed by atoms with Crippen LogP contribution in [-0.2, 0) is 22.3 Å². The number of morpholine rings is 1. The van der Waals surface area contributed by atoms with E-state index < -0.39 is 17.1 Å². The lowest BCUT2D eigenvalue weighted by Crippen LogP contribution is -2.35. The average molecular weight is 412 g/mol. The fourth-order valence-electron chi connectivity index (χ4n) is 3.20. The molecule has 0 aliphatic carbocycles. The molecule has 1 amide bonds. The Bertz CT molecular complexity index is 663. The number of aryl methyl sites for hydroxylation is 1. The van der Waals surface area contributed by atoms with Crippen LogP contribution in [0.4, 0.5) is 4.79 Å². The van der Waals surface area contributed by atoms with Crippen LogP contribution in [0.5, 0.6) is 0 Å². The van der Waals surface area contributed by atoms with Crippen LogP contribution in [0.25, 0.3) is 0 Å². The lowest BCUT2D eigenvalue weighted by atomic mass is 10.1. The van der Waals surface area contributed by atoms with Crippen LogP contribution >= 0.6 is 0 Å². The Morgan fingerprint density at radius 1 is 1.36 bits per heavy atom. The molecule has 1 atom stereocenters. The van der Waals surface area contributed by atoms with E-state index in [0.717, 1.165) is 43.3 Å². The van der Waals surface area contributed by atoms with Gasteiger partial charge in [0.05, 0.1) is 18.1 Å². The summed E-state index contributed by atoms with van der Waals surface area (Å²) in [6.07, 6.45) is -0.401. The number of carboxylic acid groups (broad SMARTS) is 1. The lowest BCUT2D eigenvalue weighted by molar-refractivity contribution is 0.0341. The summed E-state index contributed by atoms with van der Waals surface area (Å²) in [6.45, 7) is 12.2. The predicted molar refractivity (Wildman–Crippen MR) is 111 cm³/mol. The number of rotatable bonds is 10. The van der Waals surface area contributed by atoms with Crippen molar-refractivity contribution in [2.24, 2.45) is 5.92 Å². The highest BCUT2D eigenvalue weighted by Crippen LogP contribution is 2.19. The first-order chi connectivity index (χ1) is 13.4. The molecule has 0 bridgehead atoms. The summed E-state index contributed by atoms with van der Waals surface area (Å²) >= 11 is 0. The molecule has 7 nitrogen and oxygen atoms in total. The smallest absolute Gasteiger partial charge is 0.404 e. The van der Waals surface area contributed by atoms with Crippen molar-refractivity contribution in [2.75, 3.05) is 45.9 Å². The largest absolute Gasteiger partial charge is 0.465 e. The molecule has 0 radical (unpaired) electrons. The Hall–Kier alpha value is -1.48. The topological polar surface area (TPSA) is 82.1 Å². The second kappa shape index (κ2) is 11.5. The van der Waals surface area contributed by atoms with Gasteiger partial charge in [-0.15, -0.1) is 0 Å². The quantitative estimate of drug-likeness (QED) is 0.578. The minimum absolute atomic E-state index is 0.360. The number of benzene rings is 1. The van der Waals surface area contributed by atoms with E-state index in [4.69, 9.17) is 9.84 Å². The molecule has 1 heterocycles. The summed E-state index contributed by atoms with van der Waals surface area (Å²) < 4.78 is 20.5. The zero-order valence-corrected chi connectivity index (χ0v) is 18.0. The van der Waals surface area contributed by atoms with E-state index in [1.807, 2.05) is 16.4 Å². The maximum absolute atomic E-state index is 13.1. The highest BCUT2D eigenvalue weighted by molar-refractivity contribution is 7.82. The van der Waals surface area contributed by atoms with Crippen LogP contribution in [0.15, 0.2) is 23.1 Å². The zero-order chi connectivity index (χ0) is 20.5. The molecule has 1 aliphatic rings. The fraction of sp³-hybridized carbons (Fsp3) is 0.650. The number of carbonyl (C=O) groups is 1. The van der Waals surface area contributed by atoms with Crippen molar-refractivity contribution in [3.63, 3.8) is 0 Å². The summed E-state index contributed by atoms with van der Waals surface area (Å²) in [6, 6.07) is 6.06. The summed E-state index contributed by atoms with van der Waals surface area (Å²) in [7, 11) is -1.26. The molecule has 28 heavy (non-hydrogen) atoms. The molecule has 1 fully saturated rings. The lowest BCUT2D eigenvalue weighted by Gasteiger charge is -2.27. The number of nitrogens with zero attached hydrogens (tertiary/aromatic N) is 2. The summed E-state index contributed by atoms with van der Waals surface area (Å²) in [5, 5.41) is 11.1. The van der Waals surface area contributed by atoms with E-state index in [1.54, 1.807) is 0 Å². The second-order valence-corrected chi connectivity index (χ2v) is 9.08. The molecule has 1 aromatic carbocycles. The molecule has 158 valence electrons. The van der Waals surface area contributed by atoms with Crippen LogP contribution in [-0.4, -0.2) is 70.6 Å². The van der Waals surface area contributed by atoms with Crippen molar-refractivity contribution in [1.29, 1.82) is 0 Å². The fourth-order valence-corrected chi connectivity index (χ4v) is 4.69. The molecular weight excluding hydrogens is 378 g/mol. The third-order valence-corrected chi connectivity index (χ3v) is 6.14. The van der Waals surface area contributed by atoms with Gasteiger partial charge in [0.2, 0.25) is 0 Å². The molecule has 1 saturated heterocycles. The number of hydrogen-bond donors (Lipinski definition) is 2. The van der Waals surface area contributed by atoms with Gasteiger partial charge in [0.25, 0.3) is 0 Å². The minimum atomic E-state index is -1.26. The number of amides is 1. The first-order valence-corrected chi connectivity index (χ1v) is 11.0. The summed E-state index contributed by atoms with van der Waals surface area (Å²) in [5.41, 5.74) is 2.40. The molecular formula is C20H33N3O4S. The Labute approximate surface area is 170 Å². The first-order valence-electron chi connectivity index (χ1n) is 9.90. The van der Waals surface area contributed by atoms with Crippen LogP contribution in [0.1, 0.15) is 31.4 Å². The molecule has 0 saturated carbocycles. The molecule has 2 rings (SSSR count). The van der Waals surface area contributed by atoms with Crippen molar-refractivity contribution >= 4 is 17.1 Å². The molecule has 1 aliphatic heterocycles. The van der Waals surface area contributed by atoms with E-state index in [1.165, 1.54) is 5.56 Å². The number of ether oxygens (including phenoxy) is 1. The average Bonchev–Trinajstić information content (AvgIpc) is 2.65. The van der Waals surface area contributed by atoms with Gasteiger partial charge in [-0.3, -0.25) is 4.90 Å². The molecule has 0 aromatic heterocycles. The minimum Gasteiger partial charge on any atom is -0.465 e. The van der Waals surface area contributed by atoms with Gasteiger partial charge in [-0.25, -0.2) is 13.3 Å². The third-order valence-electron chi connectivity index (χ3n) is 4.68. The standard InChI is InChI=1S/C20H33N3O4S/c1-16(2)14-23(8-4-7-21-20(24)25)28(26)19-6-5-18(17(3)13-19)15-22-9-11-27-12-10-22/h5-6,13,16,21H,4,7-12,14-15H2,1-3H3,(H,24,25). The van der Waals surface area contributed by atoms with Gasteiger partial charge >= 0.3 is 6.09 Å². The third kappa shape index (κ3) is 7.50. The van der Waals surface area contributed by atoms with E-state index in [-0.39, 0.29) is 0 Å². The van der Waals surface area contributed by atoms with Crippen LogP contribution in [0.3, 0.4) is 0 Å². The van der Waals surface area contributed by atoms with Gasteiger partial charge in [0.1, 0.15) is 11.0 Å². The second-order valence-electron chi connectivity index (χ2n) is 7.59. The SMILES string of the molecule is Cc1cc(S(=O)N(CCCNC(=O)O)CC(C)C)ccc1CN1CCOCC1. The van der Waals surface area contributed by atoms with Crippen molar-refractivity contribution in [3.05, 3.63) is 29.3 Å². The highest BCUT2D eigenvalue weighted by atomic mass is 32.2. The van der Waals surface area contributed by atoms with Crippen molar-refractivity contribution < 1.29 is 18.8 Å². The van der Waals surface area contributed by atoms with Gasteiger partial charge in [-0.1, -0.05) is 19.9 Å². The van der Waals surface area contributed by atoms with Crippen LogP contribution < -0.4 is 5.32 Å². The van der Waals surface area contributed by atoms with Gasteiger partial charge in [0.15, 0.2) is 0 Å². The van der Waals surface area contributed by atoms with Crippen molar-refractivity contribution in [1.82, 2.24) is 14.5 Å². The number of hydrogen-bond acceptors (Lipinski definition) is 4. The Kier molecular flexibility index (Phi) is 9.37. The van der Waals surface area contributed by atoms with E-state index in [9.17, 15) is 9.00 Å². The van der Waals surface area contributed by atoms with Crippen LogP contribution in [0, 0.1) is 12.8 Å². The Morgan fingerprint density at radius 2 is 2.07 bits per heavy atom. The molecule has 2 N–H and O–H groups in total. The maximum Gasteiger partial charge on any atom is 0.404 e. The first kappa shape index (κ1) is 22.8. The summed E-state index contributed by atoms with van der Waals surface area (Å²) in [4.78, 5) is 13.8. The van der Waals surface area contributed by atoms with Crippen molar-refractivity contribution in [2.45, 2.75) is 38.6 Å².